The van der Waals surface area contributed by atoms with E-state index in [0.717, 1.165) is 31.8 Å². The van der Waals surface area contributed by atoms with Gasteiger partial charge in [-0.2, -0.15) is 0 Å². The lowest BCUT2D eigenvalue weighted by molar-refractivity contribution is -0.114. The van der Waals surface area contributed by atoms with Gasteiger partial charge in [-0.15, -0.1) is 11.8 Å². The Labute approximate surface area is 274 Å². The normalized spacial score (nSPS) is 11.2. The van der Waals surface area contributed by atoms with Crippen LogP contribution in [0.2, 0.25) is 0 Å². The van der Waals surface area contributed by atoms with Crippen LogP contribution in [0.4, 0.5) is 10.8 Å². The number of benzene rings is 5. The van der Waals surface area contributed by atoms with Crippen LogP contribution in [-0.4, -0.2) is 28.5 Å². The Morgan fingerprint density at radius 2 is 1.35 bits per heavy atom. The number of rotatable bonds is 10. The Bertz CT molecular complexity index is 1970. The minimum absolute atomic E-state index is 0.103. The highest BCUT2D eigenvalue weighted by Crippen LogP contribution is 2.26. The first-order chi connectivity index (χ1) is 22.5. The van der Waals surface area contributed by atoms with Gasteiger partial charge in [-0.3, -0.25) is 14.4 Å². The molecule has 1 aromatic heterocycles. The second-order valence-corrected chi connectivity index (χ2v) is 12.2. The van der Waals surface area contributed by atoms with Crippen LogP contribution in [0.15, 0.2) is 144 Å². The molecule has 1 heterocycles. The fraction of sp³-hybridized carbons (Fsp3) is 0.0270. The molecule has 0 radical (unpaired) electrons. The van der Waals surface area contributed by atoms with E-state index >= 15 is 0 Å². The maximum absolute atomic E-state index is 13.5. The van der Waals surface area contributed by atoms with Gasteiger partial charge in [0.15, 0.2) is 5.13 Å². The van der Waals surface area contributed by atoms with E-state index in [4.69, 9.17) is 0 Å². The third-order valence-corrected chi connectivity index (χ3v) is 8.84. The molecule has 0 saturated heterocycles. The van der Waals surface area contributed by atoms with Gasteiger partial charge in [-0.25, -0.2) is 4.98 Å². The number of anilines is 2. The summed E-state index contributed by atoms with van der Waals surface area (Å²) in [7, 11) is 0. The molecule has 0 atom stereocenters. The van der Waals surface area contributed by atoms with Crippen LogP contribution < -0.4 is 16.0 Å². The molecule has 9 heteroatoms. The molecule has 5 aromatic carbocycles. The zero-order chi connectivity index (χ0) is 31.7. The van der Waals surface area contributed by atoms with Gasteiger partial charge in [-0.05, 0) is 71.3 Å². The van der Waals surface area contributed by atoms with Crippen LogP contribution >= 0.6 is 23.1 Å². The summed E-state index contributed by atoms with van der Waals surface area (Å²) in [6.07, 6.45) is 1.65. The van der Waals surface area contributed by atoms with E-state index in [1.807, 2.05) is 97.1 Å². The van der Waals surface area contributed by atoms with E-state index in [0.29, 0.717) is 16.4 Å². The zero-order valence-corrected chi connectivity index (χ0v) is 26.1. The fourth-order valence-electron chi connectivity index (χ4n) is 4.57. The van der Waals surface area contributed by atoms with Crippen LogP contribution in [0.25, 0.3) is 27.4 Å². The number of para-hydroxylation sites is 1. The van der Waals surface area contributed by atoms with E-state index in [9.17, 15) is 14.4 Å². The van der Waals surface area contributed by atoms with Gasteiger partial charge in [0.05, 0.1) is 16.0 Å². The smallest absolute Gasteiger partial charge is 0.272 e. The predicted octanol–water partition coefficient (Wildman–Crippen LogP) is 8.10. The molecule has 0 fully saturated rings. The van der Waals surface area contributed by atoms with Crippen molar-refractivity contribution in [3.05, 3.63) is 150 Å². The number of nitrogens with one attached hydrogen (secondary N) is 3. The molecule has 0 saturated carbocycles. The molecule has 226 valence electrons. The number of thiazole rings is 1. The van der Waals surface area contributed by atoms with Crippen LogP contribution in [0, 0.1) is 0 Å². The molecule has 3 amide bonds. The van der Waals surface area contributed by atoms with Crippen molar-refractivity contribution in [2.45, 2.75) is 4.90 Å². The second-order valence-electron chi connectivity index (χ2n) is 10.2. The molecule has 7 nitrogen and oxygen atoms in total. The van der Waals surface area contributed by atoms with E-state index in [2.05, 4.69) is 20.9 Å². The molecule has 0 bridgehead atoms. The monoisotopic (exact) mass is 640 g/mol. The summed E-state index contributed by atoms with van der Waals surface area (Å²) in [6, 6.07) is 41.4. The first kappa shape index (κ1) is 30.5. The average Bonchev–Trinajstić information content (AvgIpc) is 3.51. The number of carbonyl (C=O) groups is 3. The van der Waals surface area contributed by atoms with Gasteiger partial charge in [0.2, 0.25) is 5.91 Å². The second kappa shape index (κ2) is 14.5. The predicted molar refractivity (Wildman–Crippen MR) is 188 cm³/mol. The summed E-state index contributed by atoms with van der Waals surface area (Å²) in [5, 5.41) is 9.08. The van der Waals surface area contributed by atoms with Crippen molar-refractivity contribution in [2.75, 3.05) is 16.4 Å². The minimum atomic E-state index is -0.466. The van der Waals surface area contributed by atoms with E-state index < -0.39 is 11.8 Å². The highest BCUT2D eigenvalue weighted by atomic mass is 32.2. The molecule has 6 aromatic rings. The first-order valence-corrected chi connectivity index (χ1v) is 16.2. The van der Waals surface area contributed by atoms with Crippen LogP contribution in [0.5, 0.6) is 0 Å². The topological polar surface area (TPSA) is 100 Å². The Kier molecular flexibility index (Phi) is 9.63. The van der Waals surface area contributed by atoms with Crippen molar-refractivity contribution >= 4 is 67.9 Å². The standard InChI is InChI=1S/C37H28N4O3S2/c42-34(41-37-40-31-13-7-8-14-33(31)46-37)24-45-30-21-19-29(20-22-30)38-36(44)32(39-35(43)28-11-5-2-6-12-28)23-25-15-17-27(18-16-25)26-9-3-1-4-10-26/h1-23H,24H2,(H,38,44)(H,39,43)(H,40,41,42)/b32-23-. The molecule has 0 aliphatic rings. The van der Waals surface area contributed by atoms with Gasteiger partial charge in [0, 0.05) is 16.1 Å². The van der Waals surface area contributed by atoms with Crippen LogP contribution in [0.3, 0.4) is 0 Å². The minimum Gasteiger partial charge on any atom is -0.321 e. The van der Waals surface area contributed by atoms with Crippen molar-refractivity contribution in [3.63, 3.8) is 0 Å². The third-order valence-electron chi connectivity index (χ3n) is 6.88. The third kappa shape index (κ3) is 7.95. The van der Waals surface area contributed by atoms with Gasteiger partial charge >= 0.3 is 0 Å². The van der Waals surface area contributed by atoms with E-state index in [1.54, 1.807) is 42.5 Å². The molecule has 46 heavy (non-hydrogen) atoms. The summed E-state index contributed by atoms with van der Waals surface area (Å²) in [5.74, 6) is -0.795. The molecule has 0 spiro atoms. The molecule has 0 aliphatic carbocycles. The Morgan fingerprint density at radius 3 is 2.07 bits per heavy atom. The number of hydrogen-bond acceptors (Lipinski definition) is 6. The number of thioether (sulfide) groups is 1. The fourth-order valence-corrected chi connectivity index (χ4v) is 6.15. The van der Waals surface area contributed by atoms with Crippen LogP contribution in [-0.2, 0) is 9.59 Å². The maximum atomic E-state index is 13.5. The van der Waals surface area contributed by atoms with Gasteiger partial charge < -0.3 is 16.0 Å². The molecular weight excluding hydrogens is 613 g/mol. The Morgan fingerprint density at radius 1 is 0.696 bits per heavy atom. The van der Waals surface area contributed by atoms with E-state index in [-0.39, 0.29) is 17.4 Å². The lowest BCUT2D eigenvalue weighted by Crippen LogP contribution is -2.30. The number of nitrogens with zero attached hydrogens (tertiary/aromatic N) is 1. The van der Waals surface area contributed by atoms with Gasteiger partial charge in [0.25, 0.3) is 11.8 Å². The van der Waals surface area contributed by atoms with Crippen molar-refractivity contribution in [1.29, 1.82) is 0 Å². The maximum Gasteiger partial charge on any atom is 0.272 e. The summed E-state index contributed by atoms with van der Waals surface area (Å²) < 4.78 is 1.02. The Hall–Kier alpha value is -5.51. The summed E-state index contributed by atoms with van der Waals surface area (Å²) in [5.41, 5.74) is 4.84. The number of fused-ring (bicyclic) bond motifs is 1. The van der Waals surface area contributed by atoms with Gasteiger partial charge in [0.1, 0.15) is 5.70 Å². The molecule has 6 rings (SSSR count). The first-order valence-electron chi connectivity index (χ1n) is 14.4. The highest BCUT2D eigenvalue weighted by Gasteiger charge is 2.16. The summed E-state index contributed by atoms with van der Waals surface area (Å²) in [6.45, 7) is 0. The summed E-state index contributed by atoms with van der Waals surface area (Å²) in [4.78, 5) is 44.3. The SMILES string of the molecule is O=C(CSc1ccc(NC(=O)/C(=C/c2ccc(-c3ccccc3)cc2)NC(=O)c2ccccc2)cc1)Nc1nc2ccccc2s1. The highest BCUT2D eigenvalue weighted by molar-refractivity contribution is 8.00. The average molecular weight is 641 g/mol. The lowest BCUT2D eigenvalue weighted by Gasteiger charge is -2.12. The van der Waals surface area contributed by atoms with Crippen molar-refractivity contribution in [3.8, 4) is 11.1 Å². The quantitative estimate of drug-likeness (QED) is 0.104. The Balaban J connectivity index is 1.11. The molecule has 0 aliphatic heterocycles. The van der Waals surface area contributed by atoms with Crippen molar-refractivity contribution < 1.29 is 14.4 Å². The largest absolute Gasteiger partial charge is 0.321 e. The number of carbonyl (C=O) groups excluding carboxylic acids is 3. The van der Waals surface area contributed by atoms with Crippen LogP contribution in [0.1, 0.15) is 15.9 Å². The molecule has 3 N–H and O–H groups in total. The van der Waals surface area contributed by atoms with Crippen molar-refractivity contribution in [2.24, 2.45) is 0 Å². The summed E-state index contributed by atoms with van der Waals surface area (Å²) >= 11 is 2.82. The van der Waals surface area contributed by atoms with E-state index in [1.165, 1.54) is 23.1 Å². The lowest BCUT2D eigenvalue weighted by atomic mass is 10.0. The number of aromatic nitrogens is 1. The zero-order valence-electron chi connectivity index (χ0n) is 24.5. The molecular formula is C37H28N4O3S2. The molecule has 0 unspecified atom stereocenters. The van der Waals surface area contributed by atoms with Gasteiger partial charge in [-0.1, -0.05) is 96.3 Å². The number of hydrogen-bond donors (Lipinski definition) is 3. The number of amides is 3. The van der Waals surface area contributed by atoms with Crippen molar-refractivity contribution in [1.82, 2.24) is 10.3 Å².